The normalized spacial score (nSPS) is 10.8. The van der Waals surface area contributed by atoms with Crippen molar-refractivity contribution in [3.05, 3.63) is 78.3 Å². The molecule has 2 aromatic heterocycles. The SMILES string of the molecule is O=C(CCc1ncc(-c2ccc(Cl)cc2)o1)Nc1ccc(-n2cncn2)cc1. The highest BCUT2D eigenvalue weighted by molar-refractivity contribution is 6.30. The lowest BCUT2D eigenvalue weighted by Crippen LogP contribution is -2.12. The van der Waals surface area contributed by atoms with Gasteiger partial charge in [0.15, 0.2) is 11.7 Å². The van der Waals surface area contributed by atoms with Gasteiger partial charge in [0.2, 0.25) is 5.91 Å². The number of aryl methyl sites for hydroxylation is 1. The molecule has 0 bridgehead atoms. The van der Waals surface area contributed by atoms with Crippen molar-refractivity contribution in [1.82, 2.24) is 19.7 Å². The summed E-state index contributed by atoms with van der Waals surface area (Å²) in [5.41, 5.74) is 2.47. The molecule has 0 aliphatic heterocycles. The summed E-state index contributed by atoms with van der Waals surface area (Å²) in [6.45, 7) is 0. The number of nitrogens with one attached hydrogen (secondary N) is 1. The zero-order chi connectivity index (χ0) is 19.3. The van der Waals surface area contributed by atoms with Crippen molar-refractivity contribution in [1.29, 1.82) is 0 Å². The molecule has 28 heavy (non-hydrogen) atoms. The number of rotatable bonds is 6. The van der Waals surface area contributed by atoms with Gasteiger partial charge in [0.1, 0.15) is 12.7 Å². The number of halogens is 1. The first kappa shape index (κ1) is 17.9. The Morgan fingerprint density at radius 3 is 2.61 bits per heavy atom. The van der Waals surface area contributed by atoms with Crippen LogP contribution in [-0.2, 0) is 11.2 Å². The molecule has 7 nitrogen and oxygen atoms in total. The number of aromatic nitrogens is 4. The number of nitrogens with zero attached hydrogens (tertiary/aromatic N) is 4. The van der Waals surface area contributed by atoms with Crippen LogP contribution in [0.2, 0.25) is 5.02 Å². The molecule has 4 rings (SSSR count). The van der Waals surface area contributed by atoms with Crippen molar-refractivity contribution in [2.45, 2.75) is 12.8 Å². The van der Waals surface area contributed by atoms with Gasteiger partial charge in [0.05, 0.1) is 11.9 Å². The minimum atomic E-state index is -0.111. The molecule has 8 heteroatoms. The quantitative estimate of drug-likeness (QED) is 0.532. The maximum absolute atomic E-state index is 12.2. The first-order valence-corrected chi connectivity index (χ1v) is 9.01. The molecule has 0 spiro atoms. The van der Waals surface area contributed by atoms with Crippen molar-refractivity contribution in [2.75, 3.05) is 5.32 Å². The third-order valence-corrected chi connectivity index (χ3v) is 4.33. The van der Waals surface area contributed by atoms with E-state index in [1.165, 1.54) is 6.33 Å². The fraction of sp³-hybridized carbons (Fsp3) is 0.100. The van der Waals surface area contributed by atoms with Crippen LogP contribution in [-0.4, -0.2) is 25.7 Å². The molecule has 4 aromatic rings. The summed E-state index contributed by atoms with van der Waals surface area (Å²) in [6, 6.07) is 14.7. The molecule has 1 N–H and O–H groups in total. The molecule has 1 amide bonds. The molecule has 0 atom stereocenters. The lowest BCUT2D eigenvalue weighted by molar-refractivity contribution is -0.116. The second kappa shape index (κ2) is 8.06. The average Bonchev–Trinajstić information content (AvgIpc) is 3.40. The summed E-state index contributed by atoms with van der Waals surface area (Å²) in [6.07, 6.45) is 5.42. The third-order valence-electron chi connectivity index (χ3n) is 4.08. The number of hydrogen-bond donors (Lipinski definition) is 1. The summed E-state index contributed by atoms with van der Waals surface area (Å²) in [5.74, 6) is 1.05. The molecule has 0 saturated heterocycles. The van der Waals surface area contributed by atoms with Crippen LogP contribution in [0, 0.1) is 0 Å². The Morgan fingerprint density at radius 2 is 1.89 bits per heavy atom. The highest BCUT2D eigenvalue weighted by Gasteiger charge is 2.09. The second-order valence-corrected chi connectivity index (χ2v) is 6.50. The van der Waals surface area contributed by atoms with E-state index in [9.17, 15) is 4.79 Å². The summed E-state index contributed by atoms with van der Waals surface area (Å²) in [7, 11) is 0. The molecule has 0 fully saturated rings. The Hall–Kier alpha value is -3.45. The predicted octanol–water partition coefficient (Wildman–Crippen LogP) is 4.15. The standard InChI is InChI=1S/C20H16ClN5O2/c21-15-3-1-14(2-4-15)18-11-23-20(28-18)10-9-19(27)25-16-5-7-17(8-6-16)26-13-22-12-24-26/h1-8,11-13H,9-10H2,(H,25,27). The summed E-state index contributed by atoms with van der Waals surface area (Å²) < 4.78 is 7.36. The van der Waals surface area contributed by atoms with Crippen molar-refractivity contribution in [2.24, 2.45) is 0 Å². The molecule has 140 valence electrons. The van der Waals surface area contributed by atoms with Gasteiger partial charge in [0, 0.05) is 29.1 Å². The minimum absolute atomic E-state index is 0.111. The van der Waals surface area contributed by atoms with Gasteiger partial charge in [-0.05, 0) is 48.5 Å². The minimum Gasteiger partial charge on any atom is -0.441 e. The highest BCUT2D eigenvalue weighted by Crippen LogP contribution is 2.22. The van der Waals surface area contributed by atoms with Crippen LogP contribution in [0.4, 0.5) is 5.69 Å². The first-order chi connectivity index (χ1) is 13.7. The third kappa shape index (κ3) is 4.27. The van der Waals surface area contributed by atoms with Gasteiger partial charge in [-0.15, -0.1) is 0 Å². The van der Waals surface area contributed by atoms with Crippen molar-refractivity contribution in [3.63, 3.8) is 0 Å². The van der Waals surface area contributed by atoms with Gasteiger partial charge >= 0.3 is 0 Å². The maximum atomic E-state index is 12.2. The van der Waals surface area contributed by atoms with Crippen LogP contribution < -0.4 is 5.32 Å². The molecule has 0 radical (unpaired) electrons. The van der Waals surface area contributed by atoms with Gasteiger partial charge < -0.3 is 9.73 Å². The van der Waals surface area contributed by atoms with E-state index in [2.05, 4.69) is 20.4 Å². The summed E-state index contributed by atoms with van der Waals surface area (Å²) in [4.78, 5) is 20.3. The molecule has 0 aliphatic rings. The molecular weight excluding hydrogens is 378 g/mol. The Balaban J connectivity index is 1.31. The van der Waals surface area contributed by atoms with E-state index in [4.69, 9.17) is 16.0 Å². The number of carbonyl (C=O) groups is 1. The van der Waals surface area contributed by atoms with Crippen molar-refractivity contribution >= 4 is 23.2 Å². The fourth-order valence-corrected chi connectivity index (χ4v) is 2.78. The fourth-order valence-electron chi connectivity index (χ4n) is 2.66. The van der Waals surface area contributed by atoms with Crippen molar-refractivity contribution < 1.29 is 9.21 Å². The predicted molar refractivity (Wildman–Crippen MR) is 105 cm³/mol. The summed E-state index contributed by atoms with van der Waals surface area (Å²) in [5, 5.41) is 7.59. The lowest BCUT2D eigenvalue weighted by atomic mass is 10.2. The van der Waals surface area contributed by atoms with Gasteiger partial charge in [-0.3, -0.25) is 4.79 Å². The molecular formula is C20H16ClN5O2. The van der Waals surface area contributed by atoms with Crippen LogP contribution in [0.5, 0.6) is 0 Å². The number of amides is 1. The molecule has 0 saturated carbocycles. The van der Waals surface area contributed by atoms with E-state index < -0.39 is 0 Å². The van der Waals surface area contributed by atoms with E-state index in [0.29, 0.717) is 28.8 Å². The largest absolute Gasteiger partial charge is 0.441 e. The number of hydrogen-bond acceptors (Lipinski definition) is 5. The Bertz CT molecular complexity index is 1060. The first-order valence-electron chi connectivity index (χ1n) is 8.63. The van der Waals surface area contributed by atoms with E-state index >= 15 is 0 Å². The lowest BCUT2D eigenvalue weighted by Gasteiger charge is -2.06. The highest BCUT2D eigenvalue weighted by atomic mass is 35.5. The van der Waals surface area contributed by atoms with Gasteiger partial charge in [-0.2, -0.15) is 5.10 Å². The van der Waals surface area contributed by atoms with Gasteiger partial charge in [-0.1, -0.05) is 11.6 Å². The van der Waals surface area contributed by atoms with E-state index in [0.717, 1.165) is 11.3 Å². The summed E-state index contributed by atoms with van der Waals surface area (Å²) >= 11 is 5.89. The number of oxazole rings is 1. The Kier molecular flexibility index (Phi) is 5.16. The van der Waals surface area contributed by atoms with Gasteiger partial charge in [0.25, 0.3) is 0 Å². The van der Waals surface area contributed by atoms with Crippen LogP contribution in [0.1, 0.15) is 12.3 Å². The average molecular weight is 394 g/mol. The number of benzene rings is 2. The Labute approximate surface area is 166 Å². The van der Waals surface area contributed by atoms with Crippen LogP contribution in [0.3, 0.4) is 0 Å². The maximum Gasteiger partial charge on any atom is 0.224 e. The topological polar surface area (TPSA) is 85.8 Å². The van der Waals surface area contributed by atoms with Crippen LogP contribution in [0.15, 0.2) is 71.8 Å². The van der Waals surface area contributed by atoms with E-state index in [1.54, 1.807) is 29.3 Å². The molecule has 2 aromatic carbocycles. The molecule has 0 aliphatic carbocycles. The van der Waals surface area contributed by atoms with Crippen LogP contribution >= 0.6 is 11.6 Å². The molecule has 2 heterocycles. The van der Waals surface area contributed by atoms with E-state index in [-0.39, 0.29) is 12.3 Å². The van der Waals surface area contributed by atoms with Crippen molar-refractivity contribution in [3.8, 4) is 17.0 Å². The zero-order valence-corrected chi connectivity index (χ0v) is 15.5. The van der Waals surface area contributed by atoms with Crippen LogP contribution in [0.25, 0.3) is 17.0 Å². The monoisotopic (exact) mass is 393 g/mol. The number of anilines is 1. The zero-order valence-electron chi connectivity index (χ0n) is 14.7. The second-order valence-electron chi connectivity index (χ2n) is 6.06. The number of carbonyl (C=O) groups excluding carboxylic acids is 1. The Morgan fingerprint density at radius 1 is 1.11 bits per heavy atom. The van der Waals surface area contributed by atoms with Gasteiger partial charge in [-0.25, -0.2) is 14.6 Å². The smallest absolute Gasteiger partial charge is 0.224 e. The molecule has 0 unspecified atom stereocenters. The van der Waals surface area contributed by atoms with E-state index in [1.807, 2.05) is 36.4 Å².